The number of rotatable bonds is 6. The Labute approximate surface area is 162 Å². The summed E-state index contributed by atoms with van der Waals surface area (Å²) < 4.78 is 4.76. The number of benzene rings is 2. The minimum Gasteiger partial charge on any atom is -0.445 e. The molecule has 7 nitrogen and oxygen atoms in total. The first-order valence-corrected chi connectivity index (χ1v) is 8.61. The van der Waals surface area contributed by atoms with Gasteiger partial charge in [-0.15, -0.1) is 0 Å². The van der Waals surface area contributed by atoms with Gasteiger partial charge in [-0.1, -0.05) is 30.3 Å². The van der Waals surface area contributed by atoms with Crippen molar-refractivity contribution >= 4 is 23.4 Å². The standard InChI is InChI=1S/C21H20N4O3/c22-18-5-1-2-6-19(18)25(13-16-4-3-11-24-12-16)20(26)17-9-7-15(8-10-17)14-28-21(23)27/h1-12H,13-14,22H2,(H2,23,27). The zero-order valence-corrected chi connectivity index (χ0v) is 15.1. The minimum atomic E-state index is -0.845. The lowest BCUT2D eigenvalue weighted by atomic mass is 10.1. The van der Waals surface area contributed by atoms with E-state index in [1.807, 2.05) is 24.3 Å². The fraction of sp³-hybridized carbons (Fsp3) is 0.0952. The molecule has 0 aliphatic carbocycles. The van der Waals surface area contributed by atoms with E-state index >= 15 is 0 Å². The summed E-state index contributed by atoms with van der Waals surface area (Å²) >= 11 is 0. The molecule has 0 unspecified atom stereocenters. The molecule has 0 aliphatic rings. The lowest BCUT2D eigenvalue weighted by Crippen LogP contribution is -2.31. The van der Waals surface area contributed by atoms with Crippen LogP contribution in [0.4, 0.5) is 16.2 Å². The number of amides is 2. The molecule has 28 heavy (non-hydrogen) atoms. The van der Waals surface area contributed by atoms with E-state index in [1.165, 1.54) is 0 Å². The highest BCUT2D eigenvalue weighted by Crippen LogP contribution is 2.26. The van der Waals surface area contributed by atoms with Crippen LogP contribution in [0.2, 0.25) is 0 Å². The Kier molecular flexibility index (Phi) is 5.86. The lowest BCUT2D eigenvalue weighted by molar-refractivity contribution is 0.0985. The van der Waals surface area contributed by atoms with Gasteiger partial charge in [0.25, 0.3) is 5.91 Å². The van der Waals surface area contributed by atoms with E-state index in [0.29, 0.717) is 23.5 Å². The van der Waals surface area contributed by atoms with Gasteiger partial charge < -0.3 is 21.1 Å². The molecule has 0 saturated heterocycles. The molecule has 0 saturated carbocycles. The Bertz CT molecular complexity index is 959. The molecular formula is C21H20N4O3. The first-order chi connectivity index (χ1) is 13.5. The van der Waals surface area contributed by atoms with E-state index in [-0.39, 0.29) is 12.5 Å². The molecule has 2 aromatic carbocycles. The number of hydrogen-bond acceptors (Lipinski definition) is 5. The summed E-state index contributed by atoms with van der Waals surface area (Å²) in [7, 11) is 0. The Morgan fingerprint density at radius 2 is 1.71 bits per heavy atom. The average molecular weight is 376 g/mol. The van der Waals surface area contributed by atoms with Gasteiger partial charge in [-0.25, -0.2) is 4.79 Å². The maximum atomic E-state index is 13.2. The molecule has 0 fully saturated rings. The molecule has 0 bridgehead atoms. The highest BCUT2D eigenvalue weighted by molar-refractivity contribution is 6.07. The number of primary amides is 1. The van der Waals surface area contributed by atoms with Gasteiger partial charge in [0.2, 0.25) is 0 Å². The summed E-state index contributed by atoms with van der Waals surface area (Å²) in [5.41, 5.74) is 14.3. The van der Waals surface area contributed by atoms with Gasteiger partial charge in [0.05, 0.1) is 17.9 Å². The van der Waals surface area contributed by atoms with E-state index < -0.39 is 6.09 Å². The molecule has 1 aromatic heterocycles. The van der Waals surface area contributed by atoms with Crippen LogP contribution in [-0.2, 0) is 17.9 Å². The van der Waals surface area contributed by atoms with Crippen molar-refractivity contribution in [3.05, 3.63) is 89.7 Å². The number of hydrogen-bond donors (Lipinski definition) is 2. The molecule has 2 amide bonds. The second-order valence-corrected chi connectivity index (χ2v) is 6.12. The predicted molar refractivity (Wildman–Crippen MR) is 106 cm³/mol. The van der Waals surface area contributed by atoms with Gasteiger partial charge in [0.1, 0.15) is 6.61 Å². The predicted octanol–water partition coefficient (Wildman–Crippen LogP) is 3.11. The van der Waals surface area contributed by atoms with Crippen molar-refractivity contribution in [1.82, 2.24) is 4.98 Å². The van der Waals surface area contributed by atoms with E-state index in [9.17, 15) is 9.59 Å². The number of carbonyl (C=O) groups is 2. The molecule has 0 aliphatic heterocycles. The summed E-state index contributed by atoms with van der Waals surface area (Å²) in [6.07, 6.45) is 2.55. The first-order valence-electron chi connectivity index (χ1n) is 8.61. The molecule has 0 atom stereocenters. The molecule has 0 radical (unpaired) electrons. The average Bonchev–Trinajstić information content (AvgIpc) is 2.72. The third kappa shape index (κ3) is 4.64. The van der Waals surface area contributed by atoms with Gasteiger partial charge in [-0.3, -0.25) is 9.78 Å². The smallest absolute Gasteiger partial charge is 0.404 e. The second-order valence-electron chi connectivity index (χ2n) is 6.12. The summed E-state index contributed by atoms with van der Waals surface area (Å²) in [4.78, 5) is 29.7. The summed E-state index contributed by atoms with van der Waals surface area (Å²) in [5, 5.41) is 0. The zero-order chi connectivity index (χ0) is 19.9. The maximum Gasteiger partial charge on any atom is 0.404 e. The fourth-order valence-electron chi connectivity index (χ4n) is 2.73. The van der Waals surface area contributed by atoms with Crippen LogP contribution >= 0.6 is 0 Å². The summed E-state index contributed by atoms with van der Waals surface area (Å²) in [5.74, 6) is -0.205. The number of nitrogens with two attached hydrogens (primary N) is 2. The molecule has 3 aromatic rings. The van der Waals surface area contributed by atoms with E-state index in [2.05, 4.69) is 4.98 Å². The number of para-hydroxylation sites is 2. The molecular weight excluding hydrogens is 356 g/mol. The van der Waals surface area contributed by atoms with Crippen LogP contribution in [0.1, 0.15) is 21.5 Å². The normalized spacial score (nSPS) is 10.3. The van der Waals surface area contributed by atoms with Gasteiger partial charge in [0, 0.05) is 18.0 Å². The van der Waals surface area contributed by atoms with Crippen LogP contribution < -0.4 is 16.4 Å². The molecule has 3 rings (SSSR count). The lowest BCUT2D eigenvalue weighted by Gasteiger charge is -2.24. The number of anilines is 2. The Hall–Kier alpha value is -3.87. The maximum absolute atomic E-state index is 13.2. The Morgan fingerprint density at radius 1 is 0.964 bits per heavy atom. The minimum absolute atomic E-state index is 0.0504. The van der Waals surface area contributed by atoms with Crippen LogP contribution in [0.25, 0.3) is 0 Å². The molecule has 142 valence electrons. The number of pyridine rings is 1. The molecule has 0 spiro atoms. The summed E-state index contributed by atoms with van der Waals surface area (Å²) in [6, 6.07) is 17.7. The van der Waals surface area contributed by atoms with Gasteiger partial charge in [-0.2, -0.15) is 0 Å². The highest BCUT2D eigenvalue weighted by atomic mass is 16.5. The number of ether oxygens (including phenoxy) is 1. The number of aromatic nitrogens is 1. The van der Waals surface area contributed by atoms with Crippen molar-refractivity contribution in [2.75, 3.05) is 10.6 Å². The van der Waals surface area contributed by atoms with Crippen molar-refractivity contribution in [2.24, 2.45) is 5.73 Å². The van der Waals surface area contributed by atoms with E-state index in [0.717, 1.165) is 11.1 Å². The van der Waals surface area contributed by atoms with Gasteiger partial charge in [-0.05, 0) is 41.5 Å². The quantitative estimate of drug-likeness (QED) is 0.642. The number of nitrogen functional groups attached to an aromatic ring is 1. The highest BCUT2D eigenvalue weighted by Gasteiger charge is 2.20. The van der Waals surface area contributed by atoms with Crippen LogP contribution in [0.5, 0.6) is 0 Å². The van der Waals surface area contributed by atoms with Crippen LogP contribution in [0, 0.1) is 0 Å². The fourth-order valence-corrected chi connectivity index (χ4v) is 2.73. The van der Waals surface area contributed by atoms with E-state index in [1.54, 1.807) is 53.7 Å². The zero-order valence-electron chi connectivity index (χ0n) is 15.1. The van der Waals surface area contributed by atoms with Gasteiger partial charge in [0.15, 0.2) is 0 Å². The Morgan fingerprint density at radius 3 is 2.36 bits per heavy atom. The van der Waals surface area contributed by atoms with Crippen LogP contribution in [-0.4, -0.2) is 17.0 Å². The van der Waals surface area contributed by atoms with Crippen molar-refractivity contribution in [2.45, 2.75) is 13.2 Å². The molecule has 4 N–H and O–H groups in total. The Balaban J connectivity index is 1.88. The van der Waals surface area contributed by atoms with Crippen molar-refractivity contribution < 1.29 is 14.3 Å². The largest absolute Gasteiger partial charge is 0.445 e. The number of nitrogens with zero attached hydrogens (tertiary/aromatic N) is 2. The molecule has 7 heteroatoms. The topological polar surface area (TPSA) is 112 Å². The second kappa shape index (κ2) is 8.68. The SMILES string of the molecule is NC(=O)OCc1ccc(C(=O)N(Cc2cccnc2)c2ccccc2N)cc1. The first kappa shape index (κ1) is 18.9. The monoisotopic (exact) mass is 376 g/mol. The summed E-state index contributed by atoms with van der Waals surface area (Å²) in [6.45, 7) is 0.377. The van der Waals surface area contributed by atoms with Crippen molar-refractivity contribution in [3.63, 3.8) is 0 Å². The van der Waals surface area contributed by atoms with Gasteiger partial charge >= 0.3 is 6.09 Å². The van der Waals surface area contributed by atoms with Crippen molar-refractivity contribution in [3.8, 4) is 0 Å². The third-order valence-corrected chi connectivity index (χ3v) is 4.12. The van der Waals surface area contributed by atoms with Crippen molar-refractivity contribution in [1.29, 1.82) is 0 Å². The van der Waals surface area contributed by atoms with Crippen LogP contribution in [0.3, 0.4) is 0 Å². The third-order valence-electron chi connectivity index (χ3n) is 4.12. The number of carbonyl (C=O) groups excluding carboxylic acids is 2. The molecule has 1 heterocycles. The van der Waals surface area contributed by atoms with Crippen LogP contribution in [0.15, 0.2) is 73.1 Å². The van der Waals surface area contributed by atoms with E-state index in [4.69, 9.17) is 16.2 Å².